The largest absolute Gasteiger partial charge is 0.398 e. The zero-order chi connectivity index (χ0) is 18.5. The SMILES string of the molecule is C=CC(O)Nc1cccc(C(=N)c2ccc(-c3ccccc3)cc2N)c1. The van der Waals surface area contributed by atoms with E-state index in [4.69, 9.17) is 11.1 Å². The molecule has 3 rings (SSSR count). The van der Waals surface area contributed by atoms with Crippen LogP contribution in [0.15, 0.2) is 85.5 Å². The van der Waals surface area contributed by atoms with Gasteiger partial charge in [-0.25, -0.2) is 0 Å². The summed E-state index contributed by atoms with van der Waals surface area (Å²) in [6.07, 6.45) is 0.563. The molecule has 3 aromatic carbocycles. The number of hydrogen-bond acceptors (Lipinski definition) is 4. The average Bonchev–Trinajstić information content (AvgIpc) is 2.68. The van der Waals surface area contributed by atoms with Crippen molar-refractivity contribution in [3.05, 3.63) is 96.6 Å². The highest BCUT2D eigenvalue weighted by Gasteiger charge is 2.11. The normalized spacial score (nSPS) is 11.6. The Balaban J connectivity index is 1.88. The molecule has 0 aromatic heterocycles. The van der Waals surface area contributed by atoms with Crippen molar-refractivity contribution < 1.29 is 5.11 Å². The summed E-state index contributed by atoms with van der Waals surface area (Å²) >= 11 is 0. The predicted octanol–water partition coefficient (Wildman–Crippen LogP) is 4.27. The minimum absolute atomic E-state index is 0.332. The van der Waals surface area contributed by atoms with Gasteiger partial charge in [0, 0.05) is 22.5 Å². The Bertz CT molecular complexity index is 935. The summed E-state index contributed by atoms with van der Waals surface area (Å²) in [6, 6.07) is 23.0. The van der Waals surface area contributed by atoms with E-state index in [2.05, 4.69) is 11.9 Å². The maximum Gasteiger partial charge on any atom is 0.143 e. The number of anilines is 2. The second kappa shape index (κ2) is 7.68. The van der Waals surface area contributed by atoms with Gasteiger partial charge in [0.15, 0.2) is 0 Å². The second-order valence-corrected chi connectivity index (χ2v) is 5.95. The van der Waals surface area contributed by atoms with Gasteiger partial charge in [-0.2, -0.15) is 0 Å². The highest BCUT2D eigenvalue weighted by molar-refractivity contribution is 6.14. The molecule has 0 saturated carbocycles. The lowest BCUT2D eigenvalue weighted by Gasteiger charge is -2.13. The summed E-state index contributed by atoms with van der Waals surface area (Å²) in [4.78, 5) is 0. The number of nitrogens with two attached hydrogens (primary N) is 1. The number of hydrogen-bond donors (Lipinski definition) is 4. The minimum atomic E-state index is -0.838. The van der Waals surface area contributed by atoms with Crippen molar-refractivity contribution in [1.82, 2.24) is 0 Å². The fraction of sp³-hybridized carbons (Fsp3) is 0.0455. The van der Waals surface area contributed by atoms with E-state index >= 15 is 0 Å². The summed E-state index contributed by atoms with van der Waals surface area (Å²) in [7, 11) is 0. The van der Waals surface area contributed by atoms with Crippen LogP contribution in [0.1, 0.15) is 11.1 Å². The quantitative estimate of drug-likeness (QED) is 0.233. The molecular weight excluding hydrogens is 322 g/mol. The molecule has 0 radical (unpaired) electrons. The first kappa shape index (κ1) is 17.5. The third-order valence-corrected chi connectivity index (χ3v) is 4.12. The average molecular weight is 343 g/mol. The van der Waals surface area contributed by atoms with E-state index in [9.17, 15) is 5.11 Å². The van der Waals surface area contributed by atoms with E-state index in [1.165, 1.54) is 6.08 Å². The molecule has 1 unspecified atom stereocenters. The number of rotatable bonds is 6. The number of aliphatic hydroxyl groups excluding tert-OH is 1. The van der Waals surface area contributed by atoms with Crippen LogP contribution in [0.25, 0.3) is 11.1 Å². The van der Waals surface area contributed by atoms with Gasteiger partial charge in [0.05, 0.1) is 5.71 Å². The number of nitrogens with one attached hydrogen (secondary N) is 2. The molecular formula is C22H21N3O. The lowest BCUT2D eigenvalue weighted by Crippen LogP contribution is -2.15. The van der Waals surface area contributed by atoms with Crippen LogP contribution in [-0.4, -0.2) is 17.0 Å². The third-order valence-electron chi connectivity index (χ3n) is 4.12. The van der Waals surface area contributed by atoms with Crippen LogP contribution in [0.3, 0.4) is 0 Å². The van der Waals surface area contributed by atoms with Gasteiger partial charge in [0.1, 0.15) is 6.23 Å². The topological polar surface area (TPSA) is 82.1 Å². The summed E-state index contributed by atoms with van der Waals surface area (Å²) in [5, 5.41) is 21.1. The molecule has 5 N–H and O–H groups in total. The molecule has 4 heteroatoms. The molecule has 130 valence electrons. The Labute approximate surface area is 153 Å². The lowest BCUT2D eigenvalue weighted by molar-refractivity contribution is 0.253. The summed E-state index contributed by atoms with van der Waals surface area (Å²) in [6.45, 7) is 3.54. The molecule has 0 bridgehead atoms. The Morgan fingerprint density at radius 2 is 1.77 bits per heavy atom. The van der Waals surface area contributed by atoms with Crippen LogP contribution in [0.2, 0.25) is 0 Å². The van der Waals surface area contributed by atoms with E-state index in [-0.39, 0.29) is 0 Å². The fourth-order valence-electron chi connectivity index (χ4n) is 2.75. The van der Waals surface area contributed by atoms with Gasteiger partial charge in [-0.1, -0.05) is 61.2 Å². The van der Waals surface area contributed by atoms with E-state index in [0.29, 0.717) is 28.2 Å². The van der Waals surface area contributed by atoms with E-state index in [1.54, 1.807) is 6.07 Å². The van der Waals surface area contributed by atoms with Gasteiger partial charge >= 0.3 is 0 Å². The van der Waals surface area contributed by atoms with Gasteiger partial charge in [0.25, 0.3) is 0 Å². The highest BCUT2D eigenvalue weighted by atomic mass is 16.3. The molecule has 0 heterocycles. The molecule has 26 heavy (non-hydrogen) atoms. The van der Waals surface area contributed by atoms with E-state index in [0.717, 1.165) is 11.1 Å². The van der Waals surface area contributed by atoms with Crippen molar-refractivity contribution >= 4 is 17.1 Å². The molecule has 0 amide bonds. The Hall–Kier alpha value is -3.37. The van der Waals surface area contributed by atoms with Crippen LogP contribution in [-0.2, 0) is 0 Å². The molecule has 0 aliphatic carbocycles. The molecule has 0 spiro atoms. The van der Waals surface area contributed by atoms with Crippen LogP contribution >= 0.6 is 0 Å². The zero-order valence-electron chi connectivity index (χ0n) is 14.3. The maximum absolute atomic E-state index is 9.64. The highest BCUT2D eigenvalue weighted by Crippen LogP contribution is 2.26. The van der Waals surface area contributed by atoms with Gasteiger partial charge in [-0.15, -0.1) is 0 Å². The molecule has 0 fully saturated rings. The third kappa shape index (κ3) is 3.82. The molecule has 3 aromatic rings. The standard InChI is InChI=1S/C22H21N3O/c1-2-21(26)25-18-10-6-9-17(13-18)22(24)19-12-11-16(14-20(19)23)15-7-4-3-5-8-15/h2-14,21,24-26H,1,23H2. The van der Waals surface area contributed by atoms with Crippen molar-refractivity contribution in [2.24, 2.45) is 0 Å². The van der Waals surface area contributed by atoms with Gasteiger partial charge < -0.3 is 16.2 Å². The Kier molecular flexibility index (Phi) is 5.15. The molecule has 1 atom stereocenters. The fourth-order valence-corrected chi connectivity index (χ4v) is 2.75. The van der Waals surface area contributed by atoms with Gasteiger partial charge in [-0.05, 0) is 35.4 Å². The number of benzene rings is 3. The first-order valence-corrected chi connectivity index (χ1v) is 8.30. The molecule has 0 aliphatic rings. The summed E-state index contributed by atoms with van der Waals surface area (Å²) in [5.74, 6) is 0. The molecule has 0 aliphatic heterocycles. The monoisotopic (exact) mass is 343 g/mol. The van der Waals surface area contributed by atoms with Crippen molar-refractivity contribution in [3.8, 4) is 11.1 Å². The summed E-state index contributed by atoms with van der Waals surface area (Å²) < 4.78 is 0. The lowest BCUT2D eigenvalue weighted by atomic mass is 9.97. The van der Waals surface area contributed by atoms with Gasteiger partial charge in [0.2, 0.25) is 0 Å². The zero-order valence-corrected chi connectivity index (χ0v) is 14.3. The predicted molar refractivity (Wildman–Crippen MR) is 108 cm³/mol. The summed E-state index contributed by atoms with van der Waals surface area (Å²) in [5.41, 5.74) is 11.3. The smallest absolute Gasteiger partial charge is 0.143 e. The second-order valence-electron chi connectivity index (χ2n) is 5.95. The van der Waals surface area contributed by atoms with Gasteiger partial charge in [-0.3, -0.25) is 5.41 Å². The number of nitrogen functional groups attached to an aromatic ring is 1. The van der Waals surface area contributed by atoms with Crippen molar-refractivity contribution in [2.75, 3.05) is 11.1 Å². The Morgan fingerprint density at radius 1 is 1.00 bits per heavy atom. The van der Waals surface area contributed by atoms with Crippen molar-refractivity contribution in [2.45, 2.75) is 6.23 Å². The minimum Gasteiger partial charge on any atom is -0.398 e. The Morgan fingerprint density at radius 3 is 2.46 bits per heavy atom. The van der Waals surface area contributed by atoms with Crippen LogP contribution in [0.4, 0.5) is 11.4 Å². The first-order valence-electron chi connectivity index (χ1n) is 8.30. The maximum atomic E-state index is 9.64. The van der Waals surface area contributed by atoms with E-state index in [1.807, 2.05) is 66.7 Å². The number of aliphatic hydroxyl groups is 1. The molecule has 0 saturated heterocycles. The van der Waals surface area contributed by atoms with Crippen molar-refractivity contribution in [1.29, 1.82) is 5.41 Å². The molecule has 4 nitrogen and oxygen atoms in total. The van der Waals surface area contributed by atoms with Crippen molar-refractivity contribution in [3.63, 3.8) is 0 Å². The van der Waals surface area contributed by atoms with E-state index < -0.39 is 6.23 Å². The van der Waals surface area contributed by atoms with Crippen LogP contribution in [0, 0.1) is 5.41 Å². The van der Waals surface area contributed by atoms with Crippen LogP contribution < -0.4 is 11.1 Å². The van der Waals surface area contributed by atoms with Crippen LogP contribution in [0.5, 0.6) is 0 Å². The first-order chi connectivity index (χ1) is 12.6.